The predicted molar refractivity (Wildman–Crippen MR) is 75.4 cm³/mol. The van der Waals surface area contributed by atoms with E-state index in [2.05, 4.69) is 10.2 Å². The Morgan fingerprint density at radius 3 is 2.63 bits per heavy atom. The van der Waals surface area contributed by atoms with Gasteiger partial charge in [0.2, 0.25) is 5.91 Å². The Morgan fingerprint density at radius 1 is 1.32 bits per heavy atom. The summed E-state index contributed by atoms with van der Waals surface area (Å²) in [6, 6.07) is 0. The predicted octanol–water partition coefficient (Wildman–Crippen LogP) is -0.456. The molecule has 1 spiro atoms. The molecule has 0 radical (unpaired) electrons. The Kier molecular flexibility index (Phi) is 4.71. The van der Waals surface area contributed by atoms with E-state index in [-0.39, 0.29) is 24.9 Å². The van der Waals surface area contributed by atoms with E-state index in [9.17, 15) is 4.79 Å². The fraction of sp³-hybridized carbons (Fsp3) is 0.923. The van der Waals surface area contributed by atoms with Gasteiger partial charge in [-0.05, 0) is 24.8 Å². The number of nitrogens with zero attached hydrogens (tertiary/aromatic N) is 2. The maximum Gasteiger partial charge on any atom is 0.226 e. The van der Waals surface area contributed by atoms with E-state index in [1.807, 2.05) is 4.90 Å². The zero-order chi connectivity index (χ0) is 12.6. The molecule has 1 aliphatic carbocycles. The molecule has 19 heavy (non-hydrogen) atoms. The van der Waals surface area contributed by atoms with Crippen LogP contribution in [0.2, 0.25) is 0 Å². The van der Waals surface area contributed by atoms with Gasteiger partial charge in [0.1, 0.15) is 0 Å². The Morgan fingerprint density at radius 2 is 2.05 bits per heavy atom. The Hall–Kier alpha value is -0.360. The van der Waals surface area contributed by atoms with E-state index < -0.39 is 0 Å². The number of halogens is 1. The van der Waals surface area contributed by atoms with Gasteiger partial charge in [-0.15, -0.1) is 12.4 Å². The molecule has 0 aromatic heterocycles. The highest BCUT2D eigenvalue weighted by molar-refractivity contribution is 5.85. The average molecular weight is 290 g/mol. The quantitative estimate of drug-likeness (QED) is 0.739. The first-order valence-corrected chi connectivity index (χ1v) is 7.08. The van der Waals surface area contributed by atoms with Crippen molar-refractivity contribution in [2.75, 3.05) is 52.4 Å². The minimum atomic E-state index is 0. The number of aliphatic hydroxyl groups is 1. The van der Waals surface area contributed by atoms with Gasteiger partial charge >= 0.3 is 0 Å². The van der Waals surface area contributed by atoms with Crippen LogP contribution in [0.5, 0.6) is 0 Å². The smallest absolute Gasteiger partial charge is 0.226 e. The van der Waals surface area contributed by atoms with Gasteiger partial charge in [0.05, 0.1) is 6.61 Å². The SMILES string of the molecule is Cl.O=C(C1CC12CCNC2)N1CCN(CCO)CC1. The highest BCUT2D eigenvalue weighted by Gasteiger charge is 2.59. The van der Waals surface area contributed by atoms with E-state index >= 15 is 0 Å². The molecule has 0 aromatic carbocycles. The van der Waals surface area contributed by atoms with Crippen molar-refractivity contribution < 1.29 is 9.90 Å². The molecule has 2 heterocycles. The van der Waals surface area contributed by atoms with Crippen molar-refractivity contribution in [2.24, 2.45) is 11.3 Å². The second-order valence-corrected chi connectivity index (χ2v) is 5.94. The number of carbonyl (C=O) groups is 1. The number of rotatable bonds is 3. The Balaban J connectivity index is 0.00000133. The van der Waals surface area contributed by atoms with E-state index in [1.54, 1.807) is 0 Å². The van der Waals surface area contributed by atoms with Crippen molar-refractivity contribution in [1.82, 2.24) is 15.1 Å². The molecular weight excluding hydrogens is 266 g/mol. The lowest BCUT2D eigenvalue weighted by atomic mass is 10.0. The molecule has 3 fully saturated rings. The molecule has 110 valence electrons. The second kappa shape index (κ2) is 5.95. The Bertz CT molecular complexity index is 326. The number of hydrogen-bond acceptors (Lipinski definition) is 4. The van der Waals surface area contributed by atoms with Crippen LogP contribution in [0.15, 0.2) is 0 Å². The van der Waals surface area contributed by atoms with Crippen molar-refractivity contribution in [3.8, 4) is 0 Å². The maximum absolute atomic E-state index is 12.4. The van der Waals surface area contributed by atoms with Crippen molar-refractivity contribution in [3.63, 3.8) is 0 Å². The molecule has 0 bridgehead atoms. The third-order valence-corrected chi connectivity index (χ3v) is 4.86. The monoisotopic (exact) mass is 289 g/mol. The summed E-state index contributed by atoms with van der Waals surface area (Å²) in [7, 11) is 0. The number of amides is 1. The zero-order valence-corrected chi connectivity index (χ0v) is 12.1. The minimum absolute atomic E-state index is 0. The summed E-state index contributed by atoms with van der Waals surface area (Å²) in [6.45, 7) is 6.54. The molecule has 1 amide bonds. The normalized spacial score (nSPS) is 34.4. The summed E-state index contributed by atoms with van der Waals surface area (Å²) in [5.41, 5.74) is 0.319. The molecule has 5 nitrogen and oxygen atoms in total. The van der Waals surface area contributed by atoms with Crippen LogP contribution in [0.4, 0.5) is 0 Å². The van der Waals surface area contributed by atoms with Crippen LogP contribution >= 0.6 is 12.4 Å². The van der Waals surface area contributed by atoms with Gasteiger partial charge in [-0.2, -0.15) is 0 Å². The number of piperazine rings is 1. The lowest BCUT2D eigenvalue weighted by Gasteiger charge is -2.34. The van der Waals surface area contributed by atoms with Crippen molar-refractivity contribution in [3.05, 3.63) is 0 Å². The number of nitrogens with one attached hydrogen (secondary N) is 1. The molecule has 2 unspecified atom stereocenters. The van der Waals surface area contributed by atoms with Crippen molar-refractivity contribution in [1.29, 1.82) is 0 Å². The lowest BCUT2D eigenvalue weighted by Crippen LogP contribution is -2.50. The average Bonchev–Trinajstić information content (AvgIpc) is 2.87. The number of hydrogen-bond donors (Lipinski definition) is 2. The first-order valence-electron chi connectivity index (χ1n) is 7.08. The van der Waals surface area contributed by atoms with Gasteiger partial charge in [0.15, 0.2) is 0 Å². The summed E-state index contributed by atoms with van der Waals surface area (Å²) in [4.78, 5) is 16.7. The molecule has 3 aliphatic rings. The third-order valence-electron chi connectivity index (χ3n) is 4.86. The van der Waals surface area contributed by atoms with Crippen LogP contribution in [0.25, 0.3) is 0 Å². The van der Waals surface area contributed by atoms with Gasteiger partial charge in [0, 0.05) is 45.2 Å². The zero-order valence-electron chi connectivity index (χ0n) is 11.3. The van der Waals surface area contributed by atoms with Gasteiger partial charge in [0.25, 0.3) is 0 Å². The molecule has 3 rings (SSSR count). The largest absolute Gasteiger partial charge is 0.395 e. The molecule has 0 aromatic rings. The highest BCUT2D eigenvalue weighted by Crippen LogP contribution is 2.57. The van der Waals surface area contributed by atoms with E-state index in [0.717, 1.165) is 52.2 Å². The molecule has 2 saturated heterocycles. The van der Waals surface area contributed by atoms with Crippen molar-refractivity contribution in [2.45, 2.75) is 12.8 Å². The van der Waals surface area contributed by atoms with Crippen LogP contribution in [-0.2, 0) is 4.79 Å². The van der Waals surface area contributed by atoms with Gasteiger partial charge < -0.3 is 15.3 Å². The fourth-order valence-corrected chi connectivity index (χ4v) is 3.49. The maximum atomic E-state index is 12.4. The highest BCUT2D eigenvalue weighted by atomic mass is 35.5. The summed E-state index contributed by atoms with van der Waals surface area (Å²) >= 11 is 0. The number of β-amino-alcohol motifs (C(OH)–C–C–N with tert-alkyl or cyclic N) is 1. The fourth-order valence-electron chi connectivity index (χ4n) is 3.49. The Labute approximate surface area is 120 Å². The van der Waals surface area contributed by atoms with Gasteiger partial charge in [-0.25, -0.2) is 0 Å². The van der Waals surface area contributed by atoms with Crippen LogP contribution in [0.1, 0.15) is 12.8 Å². The van der Waals surface area contributed by atoms with Crippen LogP contribution in [0, 0.1) is 11.3 Å². The van der Waals surface area contributed by atoms with E-state index in [1.165, 1.54) is 6.42 Å². The van der Waals surface area contributed by atoms with Gasteiger partial charge in [-0.1, -0.05) is 0 Å². The molecular formula is C13H24ClN3O2. The topological polar surface area (TPSA) is 55.8 Å². The second-order valence-electron chi connectivity index (χ2n) is 5.94. The standard InChI is InChI=1S/C13H23N3O2.ClH/c17-8-7-15-3-5-16(6-4-15)12(18)11-9-13(11)1-2-14-10-13;/h11,14,17H,1-10H2;1H. The first-order chi connectivity index (χ1) is 8.75. The number of aliphatic hydroxyl groups excluding tert-OH is 1. The summed E-state index contributed by atoms with van der Waals surface area (Å²) in [6.07, 6.45) is 2.27. The molecule has 1 saturated carbocycles. The van der Waals surface area contributed by atoms with Gasteiger partial charge in [-0.3, -0.25) is 9.69 Å². The third kappa shape index (κ3) is 2.89. The molecule has 6 heteroatoms. The molecule has 2 atom stereocenters. The number of carbonyl (C=O) groups excluding carboxylic acids is 1. The lowest BCUT2D eigenvalue weighted by molar-refractivity contribution is -0.135. The minimum Gasteiger partial charge on any atom is -0.395 e. The van der Waals surface area contributed by atoms with E-state index in [0.29, 0.717) is 11.3 Å². The molecule has 2 N–H and O–H groups in total. The summed E-state index contributed by atoms with van der Waals surface area (Å²) in [5.74, 6) is 0.666. The van der Waals surface area contributed by atoms with E-state index in [4.69, 9.17) is 5.11 Å². The summed E-state index contributed by atoms with van der Waals surface area (Å²) in [5, 5.41) is 12.3. The molecule has 2 aliphatic heterocycles. The van der Waals surface area contributed by atoms with Crippen molar-refractivity contribution >= 4 is 18.3 Å². The first kappa shape index (κ1) is 15.0. The summed E-state index contributed by atoms with van der Waals surface area (Å²) < 4.78 is 0. The van der Waals surface area contributed by atoms with Crippen LogP contribution < -0.4 is 5.32 Å². The van der Waals surface area contributed by atoms with Crippen LogP contribution in [-0.4, -0.2) is 73.2 Å². The van der Waals surface area contributed by atoms with Crippen LogP contribution in [0.3, 0.4) is 0 Å².